The maximum atomic E-state index is 11.8. The molecule has 0 saturated heterocycles. The number of nitrogens with zero attached hydrogens (tertiary/aromatic N) is 2. The zero-order chi connectivity index (χ0) is 13.2. The van der Waals surface area contributed by atoms with Crippen LogP contribution in [0, 0.1) is 0 Å². The molecular weight excluding hydrogens is 242 g/mol. The van der Waals surface area contributed by atoms with Crippen molar-refractivity contribution >= 4 is 28.8 Å². The number of hydrogen-bond acceptors (Lipinski definition) is 5. The normalized spacial score (nSPS) is 13.7. The third-order valence-corrected chi connectivity index (χ3v) is 2.97. The Bertz CT molecular complexity index is 628. The Labute approximate surface area is 110 Å². The topological polar surface area (TPSA) is 83.3 Å². The van der Waals surface area contributed by atoms with Crippen LogP contribution in [-0.4, -0.2) is 17.4 Å². The molecule has 0 atom stereocenters. The first-order chi connectivity index (χ1) is 9.28. The third-order valence-electron chi connectivity index (χ3n) is 2.97. The van der Waals surface area contributed by atoms with Crippen molar-refractivity contribution in [3.63, 3.8) is 0 Å². The number of nitrogens with one attached hydrogen (secondary N) is 2. The number of carbonyl (C=O) groups is 1. The fraction of sp³-hybridized carbons (Fsp3) is 0.0769. The smallest absolute Gasteiger partial charge is 0.244 e. The Balaban J connectivity index is 2.07. The molecule has 1 aromatic heterocycles. The highest BCUT2D eigenvalue weighted by Crippen LogP contribution is 2.34. The molecule has 6 heteroatoms. The number of para-hydroxylation sites is 2. The van der Waals surface area contributed by atoms with Crippen molar-refractivity contribution in [1.82, 2.24) is 4.98 Å². The highest BCUT2D eigenvalue weighted by molar-refractivity contribution is 6.03. The molecule has 0 radical (unpaired) electrons. The van der Waals surface area contributed by atoms with E-state index in [0.717, 1.165) is 17.1 Å². The minimum absolute atomic E-state index is 0.0437. The van der Waals surface area contributed by atoms with Gasteiger partial charge in [-0.05, 0) is 18.2 Å². The summed E-state index contributed by atoms with van der Waals surface area (Å²) in [5.41, 5.74) is 5.13. The zero-order valence-corrected chi connectivity index (χ0v) is 10.1. The molecule has 0 unspecified atom stereocenters. The van der Waals surface area contributed by atoms with Crippen molar-refractivity contribution < 1.29 is 4.79 Å². The number of hydrazine groups is 1. The highest BCUT2D eigenvalue weighted by Gasteiger charge is 2.22. The lowest BCUT2D eigenvalue weighted by molar-refractivity contribution is -0.115. The van der Waals surface area contributed by atoms with Crippen LogP contribution in [0.5, 0.6) is 0 Å². The SMILES string of the molecule is NNc1cc(N2CC(=O)Nc3ccccc32)ccn1. The molecule has 2 aromatic rings. The predicted octanol–water partition coefficient (Wildman–Crippen LogP) is 1.46. The van der Waals surface area contributed by atoms with Crippen LogP contribution in [0.1, 0.15) is 0 Å². The molecule has 0 bridgehead atoms. The first-order valence-electron chi connectivity index (χ1n) is 5.87. The fourth-order valence-corrected chi connectivity index (χ4v) is 2.13. The second-order valence-electron chi connectivity index (χ2n) is 4.20. The van der Waals surface area contributed by atoms with Crippen LogP contribution in [0.15, 0.2) is 42.6 Å². The van der Waals surface area contributed by atoms with Gasteiger partial charge in [0.1, 0.15) is 12.4 Å². The van der Waals surface area contributed by atoms with Gasteiger partial charge in [-0.15, -0.1) is 0 Å². The lowest BCUT2D eigenvalue weighted by Gasteiger charge is -2.30. The summed E-state index contributed by atoms with van der Waals surface area (Å²) in [4.78, 5) is 17.7. The third kappa shape index (κ3) is 2.09. The molecule has 19 heavy (non-hydrogen) atoms. The van der Waals surface area contributed by atoms with Crippen LogP contribution in [0.25, 0.3) is 0 Å². The Kier molecular flexibility index (Phi) is 2.77. The van der Waals surface area contributed by atoms with E-state index < -0.39 is 0 Å². The van der Waals surface area contributed by atoms with Gasteiger partial charge in [-0.3, -0.25) is 4.79 Å². The molecule has 6 nitrogen and oxygen atoms in total. The Hall–Kier alpha value is -2.60. The summed E-state index contributed by atoms with van der Waals surface area (Å²) in [6.45, 7) is 0.269. The molecule has 0 saturated carbocycles. The van der Waals surface area contributed by atoms with Crippen molar-refractivity contribution in [2.24, 2.45) is 5.84 Å². The van der Waals surface area contributed by atoms with Crippen LogP contribution in [0.3, 0.4) is 0 Å². The van der Waals surface area contributed by atoms with Crippen molar-refractivity contribution in [1.29, 1.82) is 0 Å². The van der Waals surface area contributed by atoms with Crippen molar-refractivity contribution in [2.45, 2.75) is 0 Å². The van der Waals surface area contributed by atoms with Crippen LogP contribution in [-0.2, 0) is 4.79 Å². The van der Waals surface area contributed by atoms with Crippen molar-refractivity contribution in [3.8, 4) is 0 Å². The summed E-state index contributed by atoms with van der Waals surface area (Å²) < 4.78 is 0. The van der Waals surface area contributed by atoms with Crippen LogP contribution in [0.2, 0.25) is 0 Å². The number of hydrogen-bond donors (Lipinski definition) is 3. The molecular formula is C13H13N5O. The van der Waals surface area contributed by atoms with Gasteiger partial charge in [0.15, 0.2) is 0 Å². The predicted molar refractivity (Wildman–Crippen MR) is 74.1 cm³/mol. The molecule has 1 amide bonds. The number of amides is 1. The average molecular weight is 255 g/mol. The van der Waals surface area contributed by atoms with Gasteiger partial charge in [-0.25, -0.2) is 10.8 Å². The summed E-state index contributed by atoms with van der Waals surface area (Å²) >= 11 is 0. The lowest BCUT2D eigenvalue weighted by Crippen LogP contribution is -2.35. The number of nitrogens with two attached hydrogens (primary N) is 1. The van der Waals surface area contributed by atoms with Crippen LogP contribution >= 0.6 is 0 Å². The number of pyridine rings is 1. The van der Waals surface area contributed by atoms with Gasteiger partial charge in [0.05, 0.1) is 11.4 Å². The van der Waals surface area contributed by atoms with Crippen molar-refractivity contribution in [2.75, 3.05) is 22.2 Å². The van der Waals surface area contributed by atoms with Gasteiger partial charge >= 0.3 is 0 Å². The Morgan fingerprint density at radius 1 is 1.32 bits per heavy atom. The van der Waals surface area contributed by atoms with Gasteiger partial charge < -0.3 is 15.6 Å². The van der Waals surface area contributed by atoms with Gasteiger partial charge in [0.2, 0.25) is 5.91 Å². The van der Waals surface area contributed by atoms with E-state index in [1.165, 1.54) is 0 Å². The molecule has 0 aliphatic carbocycles. The number of anilines is 4. The van der Waals surface area contributed by atoms with Gasteiger partial charge in [-0.1, -0.05) is 12.1 Å². The zero-order valence-electron chi connectivity index (χ0n) is 10.1. The summed E-state index contributed by atoms with van der Waals surface area (Å²) in [6.07, 6.45) is 1.65. The van der Waals surface area contributed by atoms with Gasteiger partial charge in [0, 0.05) is 18.0 Å². The Morgan fingerprint density at radius 3 is 3.00 bits per heavy atom. The van der Waals surface area contributed by atoms with Crippen LogP contribution < -0.4 is 21.5 Å². The molecule has 3 rings (SSSR count). The molecule has 1 aromatic carbocycles. The van der Waals surface area contributed by atoms with E-state index in [1.807, 2.05) is 35.2 Å². The fourth-order valence-electron chi connectivity index (χ4n) is 2.13. The van der Waals surface area contributed by atoms with E-state index in [1.54, 1.807) is 12.3 Å². The summed E-state index contributed by atoms with van der Waals surface area (Å²) in [6, 6.07) is 11.3. The van der Waals surface area contributed by atoms with Crippen molar-refractivity contribution in [3.05, 3.63) is 42.6 Å². The van der Waals surface area contributed by atoms with E-state index in [4.69, 9.17) is 5.84 Å². The molecule has 1 aliphatic rings. The quantitative estimate of drug-likeness (QED) is 0.559. The van der Waals surface area contributed by atoms with Crippen LogP contribution in [0.4, 0.5) is 22.9 Å². The summed E-state index contributed by atoms with van der Waals surface area (Å²) in [7, 11) is 0. The maximum absolute atomic E-state index is 11.8. The average Bonchev–Trinajstić information content (AvgIpc) is 2.46. The number of fused-ring (bicyclic) bond motifs is 1. The summed E-state index contributed by atoms with van der Waals surface area (Å²) in [5.74, 6) is 5.87. The maximum Gasteiger partial charge on any atom is 0.244 e. The monoisotopic (exact) mass is 255 g/mol. The molecule has 96 valence electrons. The summed E-state index contributed by atoms with van der Waals surface area (Å²) in [5, 5.41) is 2.85. The number of benzene rings is 1. The first-order valence-corrected chi connectivity index (χ1v) is 5.87. The largest absolute Gasteiger partial charge is 0.330 e. The van der Waals surface area contributed by atoms with Gasteiger partial charge in [-0.2, -0.15) is 0 Å². The van der Waals surface area contributed by atoms with E-state index in [2.05, 4.69) is 15.7 Å². The van der Waals surface area contributed by atoms with Gasteiger partial charge in [0.25, 0.3) is 0 Å². The first kappa shape index (κ1) is 11.5. The van der Waals surface area contributed by atoms with E-state index in [0.29, 0.717) is 5.82 Å². The number of carbonyl (C=O) groups excluding carboxylic acids is 1. The second kappa shape index (κ2) is 4.58. The standard InChI is InChI=1S/C13H13N5O/c14-17-12-7-9(5-6-15-12)18-8-13(19)16-10-3-1-2-4-11(10)18/h1-7H,8,14H2,(H,15,17)(H,16,19). The van der Waals surface area contributed by atoms with E-state index in [9.17, 15) is 4.79 Å². The molecule has 2 heterocycles. The number of rotatable bonds is 2. The number of nitrogen functional groups attached to an aromatic ring is 1. The van der Waals surface area contributed by atoms with E-state index in [-0.39, 0.29) is 12.5 Å². The molecule has 0 fully saturated rings. The molecule has 4 N–H and O–H groups in total. The minimum Gasteiger partial charge on any atom is -0.330 e. The highest BCUT2D eigenvalue weighted by atomic mass is 16.2. The number of aromatic nitrogens is 1. The van der Waals surface area contributed by atoms with E-state index >= 15 is 0 Å². The Morgan fingerprint density at radius 2 is 2.16 bits per heavy atom. The second-order valence-corrected chi connectivity index (χ2v) is 4.20. The minimum atomic E-state index is -0.0437. The molecule has 0 spiro atoms. The lowest BCUT2D eigenvalue weighted by atomic mass is 10.1. The molecule has 1 aliphatic heterocycles.